The third-order valence-corrected chi connectivity index (χ3v) is 3.64. The maximum Gasteiger partial charge on any atom is 0.243 e. The number of hydrogen-bond acceptors (Lipinski definition) is 3. The molecule has 1 N–H and O–H groups in total. The number of amides is 1. The zero-order valence-corrected chi connectivity index (χ0v) is 13.7. The van der Waals surface area contributed by atoms with Crippen LogP contribution in [0.4, 0.5) is 11.4 Å². The molecule has 0 spiro atoms. The van der Waals surface area contributed by atoms with Crippen LogP contribution in [0.1, 0.15) is 25.0 Å². The number of para-hydroxylation sites is 1. The van der Waals surface area contributed by atoms with Crippen LogP contribution in [0.2, 0.25) is 0 Å². The summed E-state index contributed by atoms with van der Waals surface area (Å²) in [5.74, 6) is -0.1000. The van der Waals surface area contributed by atoms with Crippen molar-refractivity contribution < 1.29 is 4.79 Å². The number of nitrogens with one attached hydrogen (secondary N) is 1. The molecule has 0 fully saturated rings. The minimum Gasteiger partial charge on any atom is -0.360 e. The van der Waals surface area contributed by atoms with Crippen molar-refractivity contribution in [3.63, 3.8) is 0 Å². The Morgan fingerprint density at radius 1 is 1.22 bits per heavy atom. The van der Waals surface area contributed by atoms with Crippen LogP contribution in [-0.2, 0) is 4.79 Å². The van der Waals surface area contributed by atoms with Crippen molar-refractivity contribution in [3.05, 3.63) is 59.7 Å². The normalized spacial score (nSPS) is 10.2. The Balaban J connectivity index is 2.13. The van der Waals surface area contributed by atoms with E-state index < -0.39 is 0 Å². The number of nitrogens with zero attached hydrogens (tertiary/aromatic N) is 2. The summed E-state index contributed by atoms with van der Waals surface area (Å²) in [5, 5.41) is 11.8. The molecule has 0 aliphatic carbocycles. The number of benzene rings is 2. The summed E-state index contributed by atoms with van der Waals surface area (Å²) in [5.41, 5.74) is 3.37. The second-order valence-corrected chi connectivity index (χ2v) is 5.75. The molecule has 118 valence electrons. The first kappa shape index (κ1) is 16.6. The molecule has 0 bridgehead atoms. The summed E-state index contributed by atoms with van der Waals surface area (Å²) in [6, 6.07) is 17.2. The number of nitriles is 1. The van der Waals surface area contributed by atoms with Gasteiger partial charge in [0.15, 0.2) is 0 Å². The molecule has 0 aliphatic rings. The average Bonchev–Trinajstić information content (AvgIpc) is 2.53. The van der Waals surface area contributed by atoms with Crippen molar-refractivity contribution >= 4 is 17.3 Å². The molecule has 0 radical (unpaired) electrons. The van der Waals surface area contributed by atoms with E-state index in [1.807, 2.05) is 31.2 Å². The largest absolute Gasteiger partial charge is 0.360 e. The number of rotatable bonds is 5. The molecule has 0 heterocycles. The van der Waals surface area contributed by atoms with E-state index >= 15 is 0 Å². The predicted molar refractivity (Wildman–Crippen MR) is 93.4 cm³/mol. The van der Waals surface area contributed by atoms with Gasteiger partial charge < -0.3 is 10.2 Å². The first-order valence-electron chi connectivity index (χ1n) is 7.63. The lowest BCUT2D eigenvalue weighted by Crippen LogP contribution is -2.38. The predicted octanol–water partition coefficient (Wildman–Crippen LogP) is 3.72. The Kier molecular flexibility index (Phi) is 5.37. The maximum atomic E-state index is 12.4. The number of carbonyl (C=O) groups excluding carboxylic acids is 1. The number of anilines is 2. The van der Waals surface area contributed by atoms with E-state index in [1.54, 1.807) is 24.3 Å². The fraction of sp³-hybridized carbons (Fsp3) is 0.263. The van der Waals surface area contributed by atoms with Gasteiger partial charge in [-0.2, -0.15) is 5.26 Å². The fourth-order valence-corrected chi connectivity index (χ4v) is 2.45. The quantitative estimate of drug-likeness (QED) is 0.916. The lowest BCUT2D eigenvalue weighted by molar-refractivity contribution is -0.115. The van der Waals surface area contributed by atoms with Gasteiger partial charge in [-0.25, -0.2) is 0 Å². The van der Waals surface area contributed by atoms with Gasteiger partial charge in [-0.15, -0.1) is 0 Å². The van der Waals surface area contributed by atoms with Gasteiger partial charge in [0.25, 0.3) is 0 Å². The number of carbonyl (C=O) groups is 1. The molecule has 0 unspecified atom stereocenters. The van der Waals surface area contributed by atoms with E-state index in [1.165, 1.54) is 0 Å². The Morgan fingerprint density at radius 2 is 1.96 bits per heavy atom. The van der Waals surface area contributed by atoms with Crippen LogP contribution in [-0.4, -0.2) is 18.5 Å². The summed E-state index contributed by atoms with van der Waals surface area (Å²) in [6.07, 6.45) is 0. The number of aryl methyl sites for hydroxylation is 1. The monoisotopic (exact) mass is 307 g/mol. The summed E-state index contributed by atoms with van der Waals surface area (Å²) in [7, 11) is 0. The van der Waals surface area contributed by atoms with Crippen LogP contribution in [0.15, 0.2) is 48.5 Å². The Labute approximate surface area is 137 Å². The molecule has 2 rings (SSSR count). The van der Waals surface area contributed by atoms with E-state index in [-0.39, 0.29) is 18.5 Å². The summed E-state index contributed by atoms with van der Waals surface area (Å²) in [6.45, 7) is 6.43. The highest BCUT2D eigenvalue weighted by Crippen LogP contribution is 2.21. The SMILES string of the molecule is Cc1ccccc1N(CC(=O)Nc1cccc(C#N)c1)C(C)C. The topological polar surface area (TPSA) is 56.1 Å². The van der Waals surface area contributed by atoms with Crippen LogP contribution >= 0.6 is 0 Å². The van der Waals surface area contributed by atoms with Crippen molar-refractivity contribution in [1.82, 2.24) is 0 Å². The van der Waals surface area contributed by atoms with E-state index in [4.69, 9.17) is 5.26 Å². The van der Waals surface area contributed by atoms with Gasteiger partial charge in [0.2, 0.25) is 5.91 Å². The van der Waals surface area contributed by atoms with Crippen molar-refractivity contribution in [2.24, 2.45) is 0 Å². The standard InChI is InChI=1S/C19H21N3O/c1-14(2)22(18-10-5-4-7-15(18)3)13-19(23)21-17-9-6-8-16(11-17)12-20/h4-11,14H,13H2,1-3H3,(H,21,23). The molecule has 1 amide bonds. The minimum absolute atomic E-state index is 0.1000. The molecule has 4 nitrogen and oxygen atoms in total. The van der Waals surface area contributed by atoms with Crippen molar-refractivity contribution in [2.75, 3.05) is 16.8 Å². The van der Waals surface area contributed by atoms with Crippen LogP contribution in [0.5, 0.6) is 0 Å². The van der Waals surface area contributed by atoms with Gasteiger partial charge in [-0.05, 0) is 50.6 Å². The van der Waals surface area contributed by atoms with Gasteiger partial charge in [-0.1, -0.05) is 24.3 Å². The third-order valence-electron chi connectivity index (χ3n) is 3.64. The molecule has 0 aliphatic heterocycles. The van der Waals surface area contributed by atoms with Crippen molar-refractivity contribution in [1.29, 1.82) is 5.26 Å². The highest BCUT2D eigenvalue weighted by Gasteiger charge is 2.16. The molecule has 23 heavy (non-hydrogen) atoms. The van der Waals surface area contributed by atoms with Gasteiger partial charge in [-0.3, -0.25) is 4.79 Å². The van der Waals surface area contributed by atoms with Crippen molar-refractivity contribution in [3.8, 4) is 6.07 Å². The maximum absolute atomic E-state index is 12.4. The zero-order chi connectivity index (χ0) is 16.8. The summed E-state index contributed by atoms with van der Waals surface area (Å²) >= 11 is 0. The molecule has 4 heteroatoms. The van der Waals surface area contributed by atoms with E-state index in [9.17, 15) is 4.79 Å². The molecule has 0 saturated heterocycles. The second-order valence-electron chi connectivity index (χ2n) is 5.75. The van der Waals surface area contributed by atoms with Gasteiger partial charge in [0.1, 0.15) is 0 Å². The van der Waals surface area contributed by atoms with E-state index in [0.29, 0.717) is 11.3 Å². The van der Waals surface area contributed by atoms with Crippen molar-refractivity contribution in [2.45, 2.75) is 26.8 Å². The molecule has 0 aromatic heterocycles. The molecule has 0 saturated carbocycles. The fourth-order valence-electron chi connectivity index (χ4n) is 2.45. The first-order valence-corrected chi connectivity index (χ1v) is 7.63. The zero-order valence-electron chi connectivity index (χ0n) is 13.7. The molecular weight excluding hydrogens is 286 g/mol. The summed E-state index contributed by atoms with van der Waals surface area (Å²) in [4.78, 5) is 14.4. The minimum atomic E-state index is -0.1000. The van der Waals surface area contributed by atoms with E-state index in [2.05, 4.69) is 30.1 Å². The van der Waals surface area contributed by atoms with Gasteiger partial charge in [0, 0.05) is 17.4 Å². The smallest absolute Gasteiger partial charge is 0.243 e. The van der Waals surface area contributed by atoms with Gasteiger partial charge in [0.05, 0.1) is 18.2 Å². The average molecular weight is 307 g/mol. The highest BCUT2D eigenvalue weighted by molar-refractivity contribution is 5.94. The third kappa shape index (κ3) is 4.33. The second kappa shape index (κ2) is 7.46. The van der Waals surface area contributed by atoms with Gasteiger partial charge >= 0.3 is 0 Å². The van der Waals surface area contributed by atoms with Crippen LogP contribution in [0, 0.1) is 18.3 Å². The Bertz CT molecular complexity index is 731. The molecule has 2 aromatic rings. The molecule has 2 aromatic carbocycles. The van der Waals surface area contributed by atoms with Crippen LogP contribution in [0.3, 0.4) is 0 Å². The first-order chi connectivity index (χ1) is 11.0. The lowest BCUT2D eigenvalue weighted by Gasteiger charge is -2.29. The van der Waals surface area contributed by atoms with Crippen LogP contribution in [0.25, 0.3) is 0 Å². The summed E-state index contributed by atoms with van der Waals surface area (Å²) < 4.78 is 0. The molecule has 0 atom stereocenters. The lowest BCUT2D eigenvalue weighted by atomic mass is 10.1. The highest BCUT2D eigenvalue weighted by atomic mass is 16.2. The molecular formula is C19H21N3O. The van der Waals surface area contributed by atoms with Crippen LogP contribution < -0.4 is 10.2 Å². The van der Waals surface area contributed by atoms with E-state index in [0.717, 1.165) is 11.3 Å². The Hall–Kier alpha value is -2.80. The Morgan fingerprint density at radius 3 is 2.61 bits per heavy atom. The number of hydrogen-bond donors (Lipinski definition) is 1.